The molecule has 2 aromatic heterocycles. The highest BCUT2D eigenvalue weighted by Gasteiger charge is 2.35. The van der Waals surface area contributed by atoms with Crippen molar-refractivity contribution in [2.24, 2.45) is 0 Å². The first-order chi connectivity index (χ1) is 12.7. The van der Waals surface area contributed by atoms with E-state index in [1.165, 1.54) is 18.7 Å². The van der Waals surface area contributed by atoms with Gasteiger partial charge in [0, 0.05) is 12.5 Å². The summed E-state index contributed by atoms with van der Waals surface area (Å²) < 4.78 is 11.7. The average molecular weight is 368 g/mol. The van der Waals surface area contributed by atoms with Crippen LogP contribution in [0, 0.1) is 0 Å². The first-order valence-electron chi connectivity index (χ1n) is 8.15. The Balaban J connectivity index is 1.94. The molecule has 0 aliphatic carbocycles. The SMILES string of the molecule is CCSc1nnc2c(n1)OC(c1ccco1)N(C(C)=O)c1ccccc1-2. The molecule has 1 aliphatic heterocycles. The van der Waals surface area contributed by atoms with Gasteiger partial charge in [0.2, 0.25) is 23.2 Å². The van der Waals surface area contributed by atoms with E-state index in [4.69, 9.17) is 9.15 Å². The van der Waals surface area contributed by atoms with Gasteiger partial charge in [-0.3, -0.25) is 9.69 Å². The summed E-state index contributed by atoms with van der Waals surface area (Å²) >= 11 is 1.47. The highest BCUT2D eigenvalue weighted by molar-refractivity contribution is 7.99. The molecule has 3 heterocycles. The molecule has 0 fully saturated rings. The topological polar surface area (TPSA) is 81.3 Å². The van der Waals surface area contributed by atoms with Crippen LogP contribution < -0.4 is 9.64 Å². The third kappa shape index (κ3) is 2.82. The van der Waals surface area contributed by atoms with Crippen molar-refractivity contribution in [2.75, 3.05) is 10.7 Å². The van der Waals surface area contributed by atoms with E-state index in [-0.39, 0.29) is 5.91 Å². The molecule has 1 unspecified atom stereocenters. The smallest absolute Gasteiger partial charge is 0.247 e. The number of fused-ring (bicyclic) bond motifs is 3. The predicted octanol–water partition coefficient (Wildman–Crippen LogP) is 3.69. The van der Waals surface area contributed by atoms with Gasteiger partial charge in [-0.05, 0) is 24.0 Å². The Morgan fingerprint density at radius 1 is 1.23 bits per heavy atom. The number of nitrogens with zero attached hydrogens (tertiary/aromatic N) is 4. The molecule has 132 valence electrons. The first-order valence-corrected chi connectivity index (χ1v) is 9.14. The number of amides is 1. The van der Waals surface area contributed by atoms with Crippen LogP contribution in [0.1, 0.15) is 25.8 Å². The van der Waals surface area contributed by atoms with E-state index in [0.717, 1.165) is 11.3 Å². The number of rotatable bonds is 3. The van der Waals surface area contributed by atoms with E-state index in [1.54, 1.807) is 23.3 Å². The number of anilines is 1. The van der Waals surface area contributed by atoms with Crippen molar-refractivity contribution in [1.29, 1.82) is 0 Å². The number of furan rings is 1. The molecule has 7 nitrogen and oxygen atoms in total. The molecule has 8 heteroatoms. The van der Waals surface area contributed by atoms with Crippen LogP contribution in [-0.2, 0) is 4.79 Å². The lowest BCUT2D eigenvalue weighted by molar-refractivity contribution is -0.118. The predicted molar refractivity (Wildman–Crippen MR) is 96.9 cm³/mol. The van der Waals surface area contributed by atoms with Crippen LogP contribution in [0.2, 0.25) is 0 Å². The van der Waals surface area contributed by atoms with Gasteiger partial charge >= 0.3 is 0 Å². The minimum absolute atomic E-state index is 0.178. The number of carbonyl (C=O) groups is 1. The zero-order chi connectivity index (χ0) is 18.1. The summed E-state index contributed by atoms with van der Waals surface area (Å²) in [6, 6.07) is 11.0. The maximum Gasteiger partial charge on any atom is 0.247 e. The zero-order valence-corrected chi connectivity index (χ0v) is 15.1. The lowest BCUT2D eigenvalue weighted by Gasteiger charge is -2.28. The molecule has 1 atom stereocenters. The summed E-state index contributed by atoms with van der Waals surface area (Å²) in [5.74, 6) is 1.47. The maximum absolute atomic E-state index is 12.5. The van der Waals surface area contributed by atoms with Crippen molar-refractivity contribution in [1.82, 2.24) is 15.2 Å². The molecule has 4 rings (SSSR count). The van der Waals surface area contributed by atoms with Crippen molar-refractivity contribution in [2.45, 2.75) is 25.2 Å². The van der Waals surface area contributed by atoms with Crippen molar-refractivity contribution >= 4 is 23.4 Å². The Morgan fingerprint density at radius 2 is 2.08 bits per heavy atom. The van der Waals surface area contributed by atoms with Gasteiger partial charge in [-0.1, -0.05) is 36.9 Å². The molecular formula is C18H16N4O3S. The lowest BCUT2D eigenvalue weighted by atomic mass is 10.1. The summed E-state index contributed by atoms with van der Waals surface area (Å²) in [4.78, 5) is 18.5. The molecule has 0 saturated carbocycles. The average Bonchev–Trinajstić information content (AvgIpc) is 3.12. The Bertz CT molecular complexity index is 945. The second kappa shape index (κ2) is 6.80. The number of aromatic nitrogens is 3. The fourth-order valence-electron chi connectivity index (χ4n) is 2.86. The molecule has 0 radical (unpaired) electrons. The van der Waals surface area contributed by atoms with Crippen LogP contribution in [0.25, 0.3) is 11.3 Å². The van der Waals surface area contributed by atoms with Crippen molar-refractivity contribution in [3.8, 4) is 17.1 Å². The fourth-order valence-corrected chi connectivity index (χ4v) is 3.36. The number of para-hydroxylation sites is 1. The van der Waals surface area contributed by atoms with Crippen LogP contribution in [0.3, 0.4) is 0 Å². The van der Waals surface area contributed by atoms with Crippen LogP contribution >= 0.6 is 11.8 Å². The van der Waals surface area contributed by atoms with E-state index in [1.807, 2.05) is 31.2 Å². The van der Waals surface area contributed by atoms with E-state index < -0.39 is 6.23 Å². The van der Waals surface area contributed by atoms with Crippen LogP contribution in [-0.4, -0.2) is 26.8 Å². The van der Waals surface area contributed by atoms with E-state index >= 15 is 0 Å². The van der Waals surface area contributed by atoms with Gasteiger partial charge in [-0.15, -0.1) is 10.2 Å². The van der Waals surface area contributed by atoms with Gasteiger partial charge in [0.05, 0.1) is 12.0 Å². The van der Waals surface area contributed by atoms with E-state index in [2.05, 4.69) is 15.2 Å². The van der Waals surface area contributed by atoms with Crippen molar-refractivity contribution < 1.29 is 13.9 Å². The number of hydrogen-bond donors (Lipinski definition) is 0. The lowest BCUT2D eigenvalue weighted by Crippen LogP contribution is -2.35. The monoisotopic (exact) mass is 368 g/mol. The quantitative estimate of drug-likeness (QED) is 0.652. The van der Waals surface area contributed by atoms with Crippen LogP contribution in [0.5, 0.6) is 5.88 Å². The van der Waals surface area contributed by atoms with Gasteiger partial charge in [0.1, 0.15) is 0 Å². The maximum atomic E-state index is 12.5. The van der Waals surface area contributed by atoms with Gasteiger partial charge in [0.25, 0.3) is 0 Å². The normalized spacial score (nSPS) is 15.6. The summed E-state index contributed by atoms with van der Waals surface area (Å²) in [6.07, 6.45) is 0.770. The fraction of sp³-hybridized carbons (Fsp3) is 0.222. The first kappa shape index (κ1) is 16.6. The largest absolute Gasteiger partial charge is 0.463 e. The molecule has 26 heavy (non-hydrogen) atoms. The third-order valence-corrected chi connectivity index (χ3v) is 4.63. The number of thioether (sulfide) groups is 1. The van der Waals surface area contributed by atoms with E-state index in [0.29, 0.717) is 28.2 Å². The highest BCUT2D eigenvalue weighted by Crippen LogP contribution is 2.43. The minimum atomic E-state index is -0.777. The van der Waals surface area contributed by atoms with Crippen LogP contribution in [0.4, 0.5) is 5.69 Å². The van der Waals surface area contributed by atoms with Gasteiger partial charge in [0.15, 0.2) is 11.5 Å². The number of hydrogen-bond acceptors (Lipinski definition) is 7. The Morgan fingerprint density at radius 3 is 2.81 bits per heavy atom. The summed E-state index contributed by atoms with van der Waals surface area (Å²) in [7, 11) is 0. The summed E-state index contributed by atoms with van der Waals surface area (Å²) in [6.45, 7) is 3.50. The minimum Gasteiger partial charge on any atom is -0.463 e. The van der Waals surface area contributed by atoms with Crippen LogP contribution in [0.15, 0.2) is 52.2 Å². The van der Waals surface area contributed by atoms with Gasteiger partial charge < -0.3 is 9.15 Å². The molecular weight excluding hydrogens is 352 g/mol. The molecule has 0 saturated heterocycles. The number of benzene rings is 1. The highest BCUT2D eigenvalue weighted by atomic mass is 32.2. The standard InChI is InChI=1S/C18H16N4O3S/c1-3-26-18-19-16-15(20-21-18)12-7-4-5-8-13(12)22(11(2)23)17(25-16)14-9-6-10-24-14/h4-10,17H,3H2,1-2H3. The Hall–Kier alpha value is -2.87. The number of ether oxygens (including phenoxy) is 1. The molecule has 1 aliphatic rings. The molecule has 0 N–H and O–H groups in total. The Labute approximate surface area is 154 Å². The molecule has 1 amide bonds. The number of carbonyl (C=O) groups excluding carboxylic acids is 1. The summed E-state index contributed by atoms with van der Waals surface area (Å²) in [5, 5.41) is 9.02. The third-order valence-electron chi connectivity index (χ3n) is 3.91. The van der Waals surface area contributed by atoms with E-state index in [9.17, 15) is 4.79 Å². The Kier molecular flexibility index (Phi) is 4.34. The zero-order valence-electron chi connectivity index (χ0n) is 14.2. The second-order valence-electron chi connectivity index (χ2n) is 5.57. The molecule has 3 aromatic rings. The van der Waals surface area contributed by atoms with Gasteiger partial charge in [-0.2, -0.15) is 4.98 Å². The summed E-state index contributed by atoms with van der Waals surface area (Å²) in [5.41, 5.74) is 1.91. The van der Waals surface area contributed by atoms with Gasteiger partial charge in [-0.25, -0.2) is 0 Å². The van der Waals surface area contributed by atoms with Crippen molar-refractivity contribution in [3.05, 3.63) is 48.4 Å². The molecule has 1 aromatic carbocycles. The molecule has 0 bridgehead atoms. The second-order valence-corrected chi connectivity index (χ2v) is 6.80. The van der Waals surface area contributed by atoms with Crippen molar-refractivity contribution in [3.63, 3.8) is 0 Å². The molecule has 0 spiro atoms.